The summed E-state index contributed by atoms with van der Waals surface area (Å²) >= 11 is 0. The molecule has 0 unspecified atom stereocenters. The average molecular weight is 395 g/mol. The predicted octanol–water partition coefficient (Wildman–Crippen LogP) is 8.22. The summed E-state index contributed by atoms with van der Waals surface area (Å²) in [6, 6.07) is 9.25. The molecule has 160 valence electrons. The van der Waals surface area contributed by atoms with E-state index < -0.39 is 0 Å². The molecule has 0 aromatic heterocycles. The molecule has 1 aromatic carbocycles. The molecule has 0 aliphatic heterocycles. The number of rotatable bonds is 9. The first-order valence-electron chi connectivity index (χ1n) is 12.2. The maximum Gasteiger partial charge on any atom is 0.0721 e. The highest BCUT2D eigenvalue weighted by Gasteiger charge is 2.31. The molecule has 1 aromatic rings. The Labute approximate surface area is 179 Å². The van der Waals surface area contributed by atoms with Crippen LogP contribution < -0.4 is 0 Å². The van der Waals surface area contributed by atoms with Crippen LogP contribution in [0.4, 0.5) is 0 Å². The van der Waals surface area contributed by atoms with E-state index in [2.05, 4.69) is 49.4 Å². The zero-order valence-corrected chi connectivity index (χ0v) is 18.8. The first kappa shape index (κ1) is 22.3. The minimum Gasteiger partial charge on any atom is -0.373 e. The average Bonchev–Trinajstić information content (AvgIpc) is 2.78. The molecule has 1 heteroatoms. The molecule has 2 aliphatic carbocycles. The van der Waals surface area contributed by atoms with Gasteiger partial charge < -0.3 is 4.74 Å². The lowest BCUT2D eigenvalue weighted by atomic mass is 9.68. The van der Waals surface area contributed by atoms with E-state index in [-0.39, 0.29) is 0 Å². The van der Waals surface area contributed by atoms with Crippen molar-refractivity contribution in [2.45, 2.75) is 90.6 Å². The molecule has 2 fully saturated rings. The predicted molar refractivity (Wildman–Crippen MR) is 125 cm³/mol. The molecule has 0 amide bonds. The van der Waals surface area contributed by atoms with Crippen LogP contribution in [0, 0.1) is 17.8 Å². The van der Waals surface area contributed by atoms with Crippen molar-refractivity contribution in [3.8, 4) is 0 Å². The number of allylic oxidation sites excluding steroid dienone is 3. The zero-order valence-electron chi connectivity index (χ0n) is 18.8. The molecule has 0 atom stereocenters. The summed E-state index contributed by atoms with van der Waals surface area (Å²) < 4.78 is 5.67. The van der Waals surface area contributed by atoms with Crippen molar-refractivity contribution < 1.29 is 4.74 Å². The lowest BCUT2D eigenvalue weighted by Gasteiger charge is -2.38. The Kier molecular flexibility index (Phi) is 9.54. The van der Waals surface area contributed by atoms with Gasteiger partial charge in [-0.05, 0) is 100 Å². The van der Waals surface area contributed by atoms with Crippen LogP contribution in [0.25, 0.3) is 0 Å². The van der Waals surface area contributed by atoms with Gasteiger partial charge in [-0.15, -0.1) is 0 Å². The Morgan fingerprint density at radius 2 is 1.41 bits per heavy atom. The minimum absolute atomic E-state index is 0.708. The Morgan fingerprint density at radius 1 is 0.793 bits per heavy atom. The van der Waals surface area contributed by atoms with Crippen molar-refractivity contribution in [2.75, 3.05) is 6.61 Å². The van der Waals surface area contributed by atoms with Crippen molar-refractivity contribution in [2.24, 2.45) is 17.8 Å². The number of benzene rings is 1. The van der Waals surface area contributed by atoms with Crippen LogP contribution in [-0.4, -0.2) is 6.61 Å². The molecule has 29 heavy (non-hydrogen) atoms. The van der Waals surface area contributed by atoms with E-state index >= 15 is 0 Å². The molecule has 2 aliphatic rings. The Hall–Kier alpha value is -1.34. The number of ether oxygens (including phenoxy) is 1. The molecule has 0 heterocycles. The van der Waals surface area contributed by atoms with Crippen molar-refractivity contribution in [1.29, 1.82) is 0 Å². The maximum atomic E-state index is 5.67. The molecule has 0 saturated heterocycles. The summed E-state index contributed by atoms with van der Waals surface area (Å²) in [7, 11) is 0. The van der Waals surface area contributed by atoms with Crippen molar-refractivity contribution in [3.63, 3.8) is 0 Å². The Bertz CT molecular complexity index is 610. The van der Waals surface area contributed by atoms with Crippen LogP contribution >= 0.6 is 0 Å². The fraction of sp³-hybridized carbons (Fsp3) is 0.643. The largest absolute Gasteiger partial charge is 0.373 e. The van der Waals surface area contributed by atoms with Crippen LogP contribution in [0.5, 0.6) is 0 Å². The van der Waals surface area contributed by atoms with Gasteiger partial charge in [0.2, 0.25) is 0 Å². The summed E-state index contributed by atoms with van der Waals surface area (Å²) in [6.07, 6.45) is 23.0. The van der Waals surface area contributed by atoms with Gasteiger partial charge in [0.25, 0.3) is 0 Å². The Balaban J connectivity index is 1.38. The fourth-order valence-corrected chi connectivity index (χ4v) is 5.60. The normalized spacial score (nSPS) is 28.3. The van der Waals surface area contributed by atoms with E-state index in [4.69, 9.17) is 4.74 Å². The highest BCUT2D eigenvalue weighted by molar-refractivity contribution is 5.25. The van der Waals surface area contributed by atoms with Gasteiger partial charge in [-0.1, -0.05) is 61.4 Å². The summed E-state index contributed by atoms with van der Waals surface area (Å²) in [5.41, 5.74) is 2.84. The number of hydrogen-bond acceptors (Lipinski definition) is 1. The molecular weight excluding hydrogens is 352 g/mol. The van der Waals surface area contributed by atoms with Crippen LogP contribution in [0.15, 0.2) is 48.6 Å². The van der Waals surface area contributed by atoms with Crippen LogP contribution in [-0.2, 0) is 11.3 Å². The van der Waals surface area contributed by atoms with Crippen LogP contribution in [0.2, 0.25) is 0 Å². The topological polar surface area (TPSA) is 9.23 Å². The summed E-state index contributed by atoms with van der Waals surface area (Å²) in [5.74, 6) is 3.80. The van der Waals surface area contributed by atoms with Gasteiger partial charge in [0, 0.05) is 0 Å². The molecule has 0 radical (unpaired) electrons. The van der Waals surface area contributed by atoms with E-state index in [0.717, 1.165) is 30.3 Å². The SMILES string of the molecule is CC=CCC[C@H]1CC[C@H]([C@H]2CC[C@H](c3ccc(COCC=CC)cc3)CC2)CC1. The van der Waals surface area contributed by atoms with Gasteiger partial charge in [-0.2, -0.15) is 0 Å². The van der Waals surface area contributed by atoms with Gasteiger partial charge in [0.05, 0.1) is 13.2 Å². The second-order valence-corrected chi connectivity index (χ2v) is 9.36. The van der Waals surface area contributed by atoms with Gasteiger partial charge in [-0.25, -0.2) is 0 Å². The van der Waals surface area contributed by atoms with Crippen LogP contribution in [0.1, 0.15) is 95.1 Å². The van der Waals surface area contributed by atoms with E-state index in [1.54, 1.807) is 5.56 Å². The third kappa shape index (κ3) is 7.14. The van der Waals surface area contributed by atoms with Crippen molar-refractivity contribution in [3.05, 3.63) is 59.7 Å². The Morgan fingerprint density at radius 3 is 2.03 bits per heavy atom. The highest BCUT2D eigenvalue weighted by Crippen LogP contribution is 2.44. The zero-order chi connectivity index (χ0) is 20.3. The first-order chi connectivity index (χ1) is 14.3. The molecule has 0 N–H and O–H groups in total. The van der Waals surface area contributed by atoms with E-state index in [1.807, 2.05) is 13.0 Å². The molecule has 0 bridgehead atoms. The van der Waals surface area contributed by atoms with E-state index in [1.165, 1.54) is 69.8 Å². The third-order valence-corrected chi connectivity index (χ3v) is 7.48. The van der Waals surface area contributed by atoms with Gasteiger partial charge in [0.15, 0.2) is 0 Å². The minimum atomic E-state index is 0.708. The van der Waals surface area contributed by atoms with Gasteiger partial charge in [0.1, 0.15) is 0 Å². The van der Waals surface area contributed by atoms with E-state index in [0.29, 0.717) is 6.61 Å². The lowest BCUT2D eigenvalue weighted by Crippen LogP contribution is -2.25. The molecular formula is C28H42O. The van der Waals surface area contributed by atoms with Gasteiger partial charge >= 0.3 is 0 Å². The summed E-state index contributed by atoms with van der Waals surface area (Å²) in [6.45, 7) is 5.60. The van der Waals surface area contributed by atoms with Gasteiger partial charge in [-0.3, -0.25) is 0 Å². The monoisotopic (exact) mass is 394 g/mol. The molecule has 3 rings (SSSR count). The maximum absolute atomic E-state index is 5.67. The quantitative estimate of drug-likeness (QED) is 0.303. The first-order valence-corrected chi connectivity index (χ1v) is 12.2. The van der Waals surface area contributed by atoms with Crippen molar-refractivity contribution in [1.82, 2.24) is 0 Å². The smallest absolute Gasteiger partial charge is 0.0721 e. The summed E-state index contributed by atoms with van der Waals surface area (Å²) in [4.78, 5) is 0. The van der Waals surface area contributed by atoms with Crippen molar-refractivity contribution >= 4 is 0 Å². The summed E-state index contributed by atoms with van der Waals surface area (Å²) in [5, 5.41) is 0. The molecule has 2 saturated carbocycles. The number of hydrogen-bond donors (Lipinski definition) is 0. The second kappa shape index (κ2) is 12.4. The molecule has 1 nitrogen and oxygen atoms in total. The highest BCUT2D eigenvalue weighted by atomic mass is 16.5. The van der Waals surface area contributed by atoms with E-state index in [9.17, 15) is 0 Å². The third-order valence-electron chi connectivity index (χ3n) is 7.48. The second-order valence-electron chi connectivity index (χ2n) is 9.36. The standard InChI is InChI=1S/C28H42O/c1-3-5-7-8-23-9-13-25(14-10-23)27-17-19-28(20-18-27)26-15-11-24(12-16-26)22-29-21-6-4-2/h3-6,11-12,15-16,23,25,27-28H,7-10,13-14,17-22H2,1-2H3/t23-,25-,27-,28-. The molecule has 0 spiro atoms. The van der Waals surface area contributed by atoms with Crippen LogP contribution in [0.3, 0.4) is 0 Å². The fourth-order valence-electron chi connectivity index (χ4n) is 5.60. The lowest BCUT2D eigenvalue weighted by molar-refractivity contribution is 0.148.